The topological polar surface area (TPSA) is 55.8 Å². The minimum Gasteiger partial charge on any atom is -0.467 e. The molecular weight excluding hydrogens is 406 g/mol. The van der Waals surface area contributed by atoms with Crippen LogP contribution in [0.3, 0.4) is 0 Å². The summed E-state index contributed by atoms with van der Waals surface area (Å²) in [6, 6.07) is 10.1. The van der Waals surface area contributed by atoms with Crippen LogP contribution in [0.25, 0.3) is 0 Å². The van der Waals surface area contributed by atoms with E-state index in [1.165, 1.54) is 23.3 Å². The summed E-state index contributed by atoms with van der Waals surface area (Å²) in [5, 5.41) is 0. The van der Waals surface area contributed by atoms with Crippen molar-refractivity contribution >= 4 is 39.1 Å². The lowest BCUT2D eigenvalue weighted by Crippen LogP contribution is -2.41. The summed E-state index contributed by atoms with van der Waals surface area (Å²) in [7, 11) is 2.88. The molecule has 0 N–H and O–H groups in total. The van der Waals surface area contributed by atoms with Crippen molar-refractivity contribution in [2.75, 3.05) is 27.4 Å². The largest absolute Gasteiger partial charge is 0.467 e. The number of carbonyl (C=O) groups is 2. The highest BCUT2D eigenvalue weighted by atomic mass is 79.9. The van der Waals surface area contributed by atoms with Crippen LogP contribution in [-0.4, -0.2) is 44.1 Å². The first-order valence-electron chi connectivity index (χ1n) is 7.67. The Kier molecular flexibility index (Phi) is 7.16. The van der Waals surface area contributed by atoms with E-state index < -0.39 is 12.0 Å². The number of hydrogen-bond donors (Lipinski definition) is 0. The summed E-state index contributed by atoms with van der Waals surface area (Å²) in [6.07, 6.45) is 0. The lowest BCUT2D eigenvalue weighted by molar-refractivity contribution is -0.146. The highest BCUT2D eigenvalue weighted by molar-refractivity contribution is 9.10. The SMILES string of the molecule is COCCN(C(=O)c1ccc(C)s1)[C@H](C(=O)OC)c1ccc(Br)cc1. The van der Waals surface area contributed by atoms with Gasteiger partial charge >= 0.3 is 5.97 Å². The number of ether oxygens (including phenoxy) is 2. The molecule has 0 radical (unpaired) electrons. The van der Waals surface area contributed by atoms with E-state index in [1.54, 1.807) is 25.3 Å². The van der Waals surface area contributed by atoms with Crippen molar-refractivity contribution in [2.24, 2.45) is 0 Å². The standard InChI is InChI=1S/C18H20BrNO4S/c1-12-4-9-15(25-12)17(21)20(10-11-23-2)16(18(22)24-3)13-5-7-14(19)8-6-13/h4-9,16H,10-11H2,1-3H3/t16-/m0/s1. The van der Waals surface area contributed by atoms with Gasteiger partial charge in [-0.1, -0.05) is 28.1 Å². The van der Waals surface area contributed by atoms with Gasteiger partial charge in [-0.3, -0.25) is 4.79 Å². The van der Waals surface area contributed by atoms with E-state index in [9.17, 15) is 9.59 Å². The van der Waals surface area contributed by atoms with Crippen LogP contribution in [-0.2, 0) is 14.3 Å². The van der Waals surface area contributed by atoms with Gasteiger partial charge in [-0.2, -0.15) is 0 Å². The molecular formula is C18H20BrNO4S. The van der Waals surface area contributed by atoms with Gasteiger partial charge < -0.3 is 14.4 Å². The van der Waals surface area contributed by atoms with Crippen molar-refractivity contribution in [2.45, 2.75) is 13.0 Å². The molecule has 1 heterocycles. The van der Waals surface area contributed by atoms with E-state index in [4.69, 9.17) is 9.47 Å². The van der Waals surface area contributed by atoms with Crippen LogP contribution >= 0.6 is 27.3 Å². The Morgan fingerprint density at radius 2 is 1.84 bits per heavy atom. The summed E-state index contributed by atoms with van der Waals surface area (Å²) in [4.78, 5) is 28.6. The zero-order valence-electron chi connectivity index (χ0n) is 14.3. The van der Waals surface area contributed by atoms with Crippen LogP contribution < -0.4 is 0 Å². The van der Waals surface area contributed by atoms with Gasteiger partial charge in [-0.05, 0) is 36.8 Å². The van der Waals surface area contributed by atoms with E-state index in [2.05, 4.69) is 15.9 Å². The van der Waals surface area contributed by atoms with Gasteiger partial charge in [0.25, 0.3) is 5.91 Å². The summed E-state index contributed by atoms with van der Waals surface area (Å²) in [5.41, 5.74) is 0.688. The maximum absolute atomic E-state index is 13.0. The average Bonchev–Trinajstić information content (AvgIpc) is 3.05. The van der Waals surface area contributed by atoms with Crippen LogP contribution in [0.15, 0.2) is 40.9 Å². The lowest BCUT2D eigenvalue weighted by atomic mass is 10.0. The number of methoxy groups -OCH3 is 2. The molecule has 0 aliphatic carbocycles. The van der Waals surface area contributed by atoms with Gasteiger partial charge in [0.05, 0.1) is 18.6 Å². The molecule has 5 nitrogen and oxygen atoms in total. The van der Waals surface area contributed by atoms with Gasteiger partial charge in [0, 0.05) is 23.0 Å². The molecule has 0 unspecified atom stereocenters. The number of hydrogen-bond acceptors (Lipinski definition) is 5. The lowest BCUT2D eigenvalue weighted by Gasteiger charge is -2.29. The zero-order valence-corrected chi connectivity index (χ0v) is 16.7. The minimum atomic E-state index is -0.830. The van der Waals surface area contributed by atoms with Crippen molar-refractivity contribution in [1.82, 2.24) is 4.90 Å². The van der Waals surface area contributed by atoms with Crippen LogP contribution in [0.2, 0.25) is 0 Å². The number of esters is 1. The van der Waals surface area contributed by atoms with E-state index in [1.807, 2.05) is 25.1 Å². The molecule has 0 fully saturated rings. The van der Waals surface area contributed by atoms with Gasteiger partial charge in [-0.25, -0.2) is 4.79 Å². The second-order valence-electron chi connectivity index (χ2n) is 5.38. The van der Waals surface area contributed by atoms with Gasteiger partial charge in [-0.15, -0.1) is 11.3 Å². The second kappa shape index (κ2) is 9.12. The van der Waals surface area contributed by atoms with E-state index in [0.29, 0.717) is 17.0 Å². The third-order valence-corrected chi connectivity index (χ3v) is 5.19. The predicted molar refractivity (Wildman–Crippen MR) is 101 cm³/mol. The molecule has 0 aliphatic heterocycles. The van der Waals surface area contributed by atoms with Crippen LogP contribution in [0.1, 0.15) is 26.2 Å². The summed E-state index contributed by atoms with van der Waals surface area (Å²) < 4.78 is 11.0. The summed E-state index contributed by atoms with van der Waals surface area (Å²) >= 11 is 4.78. The molecule has 1 aromatic heterocycles. The molecule has 1 aromatic carbocycles. The maximum atomic E-state index is 13.0. The average molecular weight is 426 g/mol. The molecule has 7 heteroatoms. The van der Waals surface area contributed by atoms with Crippen molar-refractivity contribution in [3.05, 3.63) is 56.2 Å². The van der Waals surface area contributed by atoms with E-state index in [-0.39, 0.29) is 12.5 Å². The Morgan fingerprint density at radius 1 is 1.16 bits per heavy atom. The molecule has 1 amide bonds. The molecule has 0 bridgehead atoms. The molecule has 2 rings (SSSR count). The fourth-order valence-corrected chi connectivity index (χ4v) is 3.52. The van der Waals surface area contributed by atoms with E-state index >= 15 is 0 Å². The first-order chi connectivity index (χ1) is 12.0. The minimum absolute atomic E-state index is 0.214. The normalized spacial score (nSPS) is 11.8. The quantitative estimate of drug-likeness (QED) is 0.632. The summed E-state index contributed by atoms with van der Waals surface area (Å²) in [6.45, 7) is 2.54. The maximum Gasteiger partial charge on any atom is 0.333 e. The molecule has 1 atom stereocenters. The van der Waals surface area contributed by atoms with E-state index in [0.717, 1.165) is 9.35 Å². The first kappa shape index (κ1) is 19.6. The summed E-state index contributed by atoms with van der Waals surface area (Å²) in [5.74, 6) is -0.700. The van der Waals surface area contributed by atoms with Crippen molar-refractivity contribution in [3.8, 4) is 0 Å². The molecule has 0 saturated carbocycles. The molecule has 0 spiro atoms. The van der Waals surface area contributed by atoms with Crippen LogP contribution in [0.4, 0.5) is 0 Å². The number of halogens is 1. The number of rotatable bonds is 7. The number of carbonyl (C=O) groups excluding carboxylic acids is 2. The zero-order chi connectivity index (χ0) is 18.4. The van der Waals surface area contributed by atoms with Crippen LogP contribution in [0.5, 0.6) is 0 Å². The number of amides is 1. The third kappa shape index (κ3) is 4.90. The fraction of sp³-hybridized carbons (Fsp3) is 0.333. The van der Waals surface area contributed by atoms with Gasteiger partial charge in [0.15, 0.2) is 6.04 Å². The van der Waals surface area contributed by atoms with Gasteiger partial charge in [0.2, 0.25) is 0 Å². The number of aryl methyl sites for hydroxylation is 1. The Morgan fingerprint density at radius 3 is 2.36 bits per heavy atom. The van der Waals surface area contributed by atoms with Crippen LogP contribution in [0, 0.1) is 6.92 Å². The molecule has 0 saturated heterocycles. The Bertz CT molecular complexity index is 729. The molecule has 0 aliphatic rings. The highest BCUT2D eigenvalue weighted by Gasteiger charge is 2.33. The monoisotopic (exact) mass is 425 g/mol. The first-order valence-corrected chi connectivity index (χ1v) is 9.28. The molecule has 25 heavy (non-hydrogen) atoms. The fourth-order valence-electron chi connectivity index (χ4n) is 2.43. The van der Waals surface area contributed by atoms with Crippen molar-refractivity contribution in [1.29, 1.82) is 0 Å². The number of benzene rings is 1. The highest BCUT2D eigenvalue weighted by Crippen LogP contribution is 2.27. The number of nitrogens with zero attached hydrogens (tertiary/aromatic N) is 1. The Balaban J connectivity index is 2.43. The Hall–Kier alpha value is -1.70. The molecule has 134 valence electrons. The van der Waals surface area contributed by atoms with Gasteiger partial charge in [0.1, 0.15) is 0 Å². The van der Waals surface area contributed by atoms with Crippen molar-refractivity contribution in [3.63, 3.8) is 0 Å². The molecule has 2 aromatic rings. The number of thiophene rings is 1. The van der Waals surface area contributed by atoms with Crippen molar-refractivity contribution < 1.29 is 19.1 Å². The predicted octanol–water partition coefficient (Wildman–Crippen LogP) is 3.82. The third-order valence-electron chi connectivity index (χ3n) is 3.67. The second-order valence-corrected chi connectivity index (χ2v) is 7.58. The Labute approximate surface area is 159 Å². The smallest absolute Gasteiger partial charge is 0.333 e.